The molecule has 0 aliphatic heterocycles. The van der Waals surface area contributed by atoms with Crippen molar-refractivity contribution in [2.75, 3.05) is 5.32 Å². The van der Waals surface area contributed by atoms with E-state index in [1.807, 2.05) is 56.3 Å². The Morgan fingerprint density at radius 1 is 0.966 bits per heavy atom. The topological polar surface area (TPSA) is 87.3 Å². The van der Waals surface area contributed by atoms with Crippen LogP contribution in [0.3, 0.4) is 0 Å². The number of rotatable bonds is 5. The van der Waals surface area contributed by atoms with Crippen LogP contribution < -0.4 is 16.2 Å². The summed E-state index contributed by atoms with van der Waals surface area (Å²) in [6.45, 7) is 3.84. The normalized spacial score (nSPS) is 10.6. The number of carbonyl (C=O) groups is 3. The molecule has 0 fully saturated rings. The molecule has 1 heterocycles. The first kappa shape index (κ1) is 20.8. The number of benzene rings is 2. The van der Waals surface area contributed by atoms with Crippen molar-refractivity contribution in [2.24, 2.45) is 0 Å². The third-order valence-electron chi connectivity index (χ3n) is 4.30. The summed E-state index contributed by atoms with van der Waals surface area (Å²) in [6, 6.07) is 13.2. The summed E-state index contributed by atoms with van der Waals surface area (Å²) in [5.41, 5.74) is 7.37. The highest BCUT2D eigenvalue weighted by molar-refractivity contribution is 7.21. The van der Waals surface area contributed by atoms with Crippen molar-refractivity contribution in [3.05, 3.63) is 63.5 Å². The zero-order chi connectivity index (χ0) is 21.0. The molecule has 2 aromatic carbocycles. The Balaban J connectivity index is 1.49. The molecule has 6 nitrogen and oxygen atoms in total. The number of carbonyl (C=O) groups excluding carboxylic acids is 3. The summed E-state index contributed by atoms with van der Waals surface area (Å²) < 4.78 is 0.886. The number of halogens is 1. The Bertz CT molecular complexity index is 1090. The maximum absolute atomic E-state index is 12.3. The average molecular weight is 430 g/mol. The number of thiophene rings is 1. The molecular weight excluding hydrogens is 410 g/mol. The molecule has 0 atom stereocenters. The molecule has 3 rings (SSSR count). The molecule has 3 amide bonds. The SMILES string of the molecule is Cc1ccc(C)c(NC(=O)CCC(=O)NNC(=O)c2sc3ccccc3c2Cl)c1. The summed E-state index contributed by atoms with van der Waals surface area (Å²) >= 11 is 7.50. The number of nitrogens with one attached hydrogen (secondary N) is 3. The number of fused-ring (bicyclic) bond motifs is 1. The fourth-order valence-corrected chi connectivity index (χ4v) is 4.13. The first-order valence-electron chi connectivity index (χ1n) is 8.98. The maximum atomic E-state index is 12.3. The first-order valence-corrected chi connectivity index (χ1v) is 10.2. The minimum absolute atomic E-state index is 0.00126. The van der Waals surface area contributed by atoms with E-state index < -0.39 is 11.8 Å². The van der Waals surface area contributed by atoms with E-state index in [-0.39, 0.29) is 18.7 Å². The molecule has 0 aliphatic carbocycles. The third kappa shape index (κ3) is 5.13. The fraction of sp³-hybridized carbons (Fsp3) is 0.190. The van der Waals surface area contributed by atoms with E-state index in [0.717, 1.165) is 26.9 Å². The molecule has 8 heteroatoms. The summed E-state index contributed by atoms with van der Waals surface area (Å²) in [6.07, 6.45) is -0.0597. The second-order valence-electron chi connectivity index (χ2n) is 6.61. The van der Waals surface area contributed by atoms with Gasteiger partial charge in [-0.1, -0.05) is 41.9 Å². The van der Waals surface area contributed by atoms with Crippen molar-refractivity contribution in [1.29, 1.82) is 0 Å². The van der Waals surface area contributed by atoms with Gasteiger partial charge < -0.3 is 5.32 Å². The lowest BCUT2D eigenvalue weighted by atomic mass is 10.1. The van der Waals surface area contributed by atoms with Crippen molar-refractivity contribution in [2.45, 2.75) is 26.7 Å². The van der Waals surface area contributed by atoms with Gasteiger partial charge in [-0.2, -0.15) is 0 Å². The lowest BCUT2D eigenvalue weighted by molar-refractivity contribution is -0.124. The smallest absolute Gasteiger partial charge is 0.281 e. The molecule has 0 radical (unpaired) electrons. The quantitative estimate of drug-likeness (QED) is 0.527. The highest BCUT2D eigenvalue weighted by Gasteiger charge is 2.17. The molecule has 0 aliphatic rings. The molecular formula is C21H20ClN3O3S. The Hall–Kier alpha value is -2.90. The molecule has 0 saturated carbocycles. The van der Waals surface area contributed by atoms with Crippen LogP contribution in [-0.2, 0) is 9.59 Å². The number of anilines is 1. The van der Waals surface area contributed by atoms with Crippen LogP contribution >= 0.6 is 22.9 Å². The Morgan fingerprint density at radius 2 is 1.69 bits per heavy atom. The lowest BCUT2D eigenvalue weighted by Gasteiger charge is -2.10. The van der Waals surface area contributed by atoms with Gasteiger partial charge in [0.05, 0.1) is 5.02 Å². The standard InChI is InChI=1S/C21H20ClN3O3S/c1-12-7-8-13(2)15(11-12)23-17(26)9-10-18(27)24-25-21(28)20-19(22)14-5-3-4-6-16(14)29-20/h3-8,11H,9-10H2,1-2H3,(H,23,26)(H,24,27)(H,25,28). The largest absolute Gasteiger partial charge is 0.326 e. The molecule has 150 valence electrons. The molecule has 0 spiro atoms. The van der Waals surface area contributed by atoms with E-state index in [1.165, 1.54) is 11.3 Å². The predicted octanol–water partition coefficient (Wildman–Crippen LogP) is 4.35. The van der Waals surface area contributed by atoms with Gasteiger partial charge in [0.25, 0.3) is 5.91 Å². The average Bonchev–Trinajstić information content (AvgIpc) is 3.04. The van der Waals surface area contributed by atoms with Crippen molar-refractivity contribution in [1.82, 2.24) is 10.9 Å². The predicted molar refractivity (Wildman–Crippen MR) is 116 cm³/mol. The molecule has 0 bridgehead atoms. The van der Waals surface area contributed by atoms with Gasteiger partial charge in [0.1, 0.15) is 4.88 Å². The molecule has 3 N–H and O–H groups in total. The first-order chi connectivity index (χ1) is 13.8. The third-order valence-corrected chi connectivity index (χ3v) is 5.98. The van der Waals surface area contributed by atoms with Gasteiger partial charge in [-0.3, -0.25) is 25.2 Å². The minimum Gasteiger partial charge on any atom is -0.326 e. The van der Waals surface area contributed by atoms with Crippen molar-refractivity contribution in [3.8, 4) is 0 Å². The van der Waals surface area contributed by atoms with E-state index in [1.54, 1.807) is 0 Å². The van der Waals surface area contributed by atoms with Crippen LogP contribution in [0.15, 0.2) is 42.5 Å². The second-order valence-corrected chi connectivity index (χ2v) is 8.04. The zero-order valence-corrected chi connectivity index (χ0v) is 17.5. The van der Waals surface area contributed by atoms with E-state index >= 15 is 0 Å². The summed E-state index contributed by atoms with van der Waals surface area (Å²) in [7, 11) is 0. The molecule has 0 unspecified atom stereocenters. The van der Waals surface area contributed by atoms with Gasteiger partial charge in [0.15, 0.2) is 0 Å². The number of hydrogen-bond donors (Lipinski definition) is 3. The van der Waals surface area contributed by atoms with Gasteiger partial charge in [0.2, 0.25) is 11.8 Å². The van der Waals surface area contributed by atoms with Crippen LogP contribution in [-0.4, -0.2) is 17.7 Å². The number of hydrazine groups is 1. The lowest BCUT2D eigenvalue weighted by Crippen LogP contribution is -2.41. The van der Waals surface area contributed by atoms with E-state index in [9.17, 15) is 14.4 Å². The van der Waals surface area contributed by atoms with E-state index in [4.69, 9.17) is 11.6 Å². The van der Waals surface area contributed by atoms with Gasteiger partial charge >= 0.3 is 0 Å². The molecule has 0 saturated heterocycles. The molecule has 1 aromatic heterocycles. The van der Waals surface area contributed by atoms with Crippen LogP contribution in [0.25, 0.3) is 10.1 Å². The second kappa shape index (κ2) is 9.07. The van der Waals surface area contributed by atoms with Crippen LogP contribution in [0.1, 0.15) is 33.6 Å². The fourth-order valence-electron chi connectivity index (χ4n) is 2.72. The van der Waals surface area contributed by atoms with Gasteiger partial charge in [-0.25, -0.2) is 0 Å². The van der Waals surface area contributed by atoms with Gasteiger partial charge in [0, 0.05) is 28.6 Å². The summed E-state index contributed by atoms with van der Waals surface area (Å²) in [4.78, 5) is 36.7. The zero-order valence-electron chi connectivity index (χ0n) is 16.0. The van der Waals surface area contributed by atoms with Gasteiger partial charge in [-0.15, -0.1) is 11.3 Å². The van der Waals surface area contributed by atoms with Crippen LogP contribution in [0.5, 0.6) is 0 Å². The Kier molecular flexibility index (Phi) is 6.51. The maximum Gasteiger partial charge on any atom is 0.281 e. The van der Waals surface area contributed by atoms with Crippen LogP contribution in [0.2, 0.25) is 5.02 Å². The minimum atomic E-state index is -0.496. The monoisotopic (exact) mass is 429 g/mol. The number of aryl methyl sites for hydroxylation is 2. The highest BCUT2D eigenvalue weighted by Crippen LogP contribution is 2.34. The van der Waals surface area contributed by atoms with E-state index in [2.05, 4.69) is 16.2 Å². The summed E-state index contributed by atoms with van der Waals surface area (Å²) in [5.74, 6) is -1.23. The van der Waals surface area contributed by atoms with Crippen LogP contribution in [0, 0.1) is 13.8 Å². The molecule has 29 heavy (non-hydrogen) atoms. The summed E-state index contributed by atoms with van der Waals surface area (Å²) in [5, 5.41) is 3.94. The van der Waals surface area contributed by atoms with Crippen LogP contribution in [0.4, 0.5) is 5.69 Å². The van der Waals surface area contributed by atoms with Gasteiger partial charge in [-0.05, 0) is 37.1 Å². The highest BCUT2D eigenvalue weighted by atomic mass is 35.5. The Labute approximate surface area is 177 Å². The molecule has 3 aromatic rings. The van der Waals surface area contributed by atoms with Crippen molar-refractivity contribution in [3.63, 3.8) is 0 Å². The van der Waals surface area contributed by atoms with Crippen molar-refractivity contribution < 1.29 is 14.4 Å². The van der Waals surface area contributed by atoms with Crippen molar-refractivity contribution >= 4 is 56.4 Å². The number of amides is 3. The van der Waals surface area contributed by atoms with E-state index in [0.29, 0.717) is 9.90 Å². The number of hydrogen-bond acceptors (Lipinski definition) is 4. The Morgan fingerprint density at radius 3 is 2.45 bits per heavy atom.